The fourth-order valence-corrected chi connectivity index (χ4v) is 3.41. The predicted molar refractivity (Wildman–Crippen MR) is 94.4 cm³/mol. The van der Waals surface area contributed by atoms with Crippen LogP contribution in [0.15, 0.2) is 24.3 Å². The van der Waals surface area contributed by atoms with Crippen molar-refractivity contribution >= 4 is 11.8 Å². The summed E-state index contributed by atoms with van der Waals surface area (Å²) in [5, 5.41) is 0. The van der Waals surface area contributed by atoms with Crippen molar-refractivity contribution in [2.75, 3.05) is 32.8 Å². The highest BCUT2D eigenvalue weighted by molar-refractivity contribution is 5.94. The molecule has 3 aliphatic rings. The van der Waals surface area contributed by atoms with E-state index >= 15 is 0 Å². The molecule has 0 radical (unpaired) electrons. The van der Waals surface area contributed by atoms with Crippen LogP contribution in [0.25, 0.3) is 0 Å². The Balaban J connectivity index is 1.28. The first-order valence-electron chi connectivity index (χ1n) is 9.43. The molecule has 4 rings (SSSR count). The largest absolute Gasteiger partial charge is 0.493 e. The van der Waals surface area contributed by atoms with E-state index in [-0.39, 0.29) is 17.7 Å². The van der Waals surface area contributed by atoms with E-state index in [1.165, 1.54) is 12.8 Å². The van der Waals surface area contributed by atoms with Crippen LogP contribution in [0.1, 0.15) is 36.5 Å². The van der Waals surface area contributed by atoms with Gasteiger partial charge in [0.05, 0.1) is 6.61 Å². The highest BCUT2D eigenvalue weighted by Gasteiger charge is 2.42. The normalized spacial score (nSPS) is 25.6. The molecule has 3 fully saturated rings. The Labute approximate surface area is 148 Å². The Morgan fingerprint density at radius 2 is 1.64 bits per heavy atom. The minimum atomic E-state index is 0.0423. The van der Waals surface area contributed by atoms with Gasteiger partial charge in [0.1, 0.15) is 5.75 Å². The highest BCUT2D eigenvalue weighted by atomic mass is 16.5. The third-order valence-corrected chi connectivity index (χ3v) is 5.59. The van der Waals surface area contributed by atoms with Crippen LogP contribution in [-0.4, -0.2) is 54.4 Å². The van der Waals surface area contributed by atoms with Crippen LogP contribution >= 0.6 is 0 Å². The molecule has 5 heteroatoms. The van der Waals surface area contributed by atoms with Crippen molar-refractivity contribution in [1.82, 2.24) is 9.80 Å². The topological polar surface area (TPSA) is 49.9 Å². The maximum absolute atomic E-state index is 12.6. The summed E-state index contributed by atoms with van der Waals surface area (Å²) in [5.74, 6) is 2.63. The van der Waals surface area contributed by atoms with E-state index in [9.17, 15) is 9.59 Å². The summed E-state index contributed by atoms with van der Waals surface area (Å²) in [5.41, 5.74) is 0.689. The molecule has 2 amide bonds. The smallest absolute Gasteiger partial charge is 0.253 e. The van der Waals surface area contributed by atoms with Crippen LogP contribution in [0.4, 0.5) is 0 Å². The van der Waals surface area contributed by atoms with Gasteiger partial charge < -0.3 is 14.5 Å². The van der Waals surface area contributed by atoms with E-state index in [2.05, 4.69) is 6.92 Å². The van der Waals surface area contributed by atoms with Crippen LogP contribution in [0.3, 0.4) is 0 Å². The van der Waals surface area contributed by atoms with Gasteiger partial charge in [-0.1, -0.05) is 6.92 Å². The number of piperazine rings is 1. The third-order valence-electron chi connectivity index (χ3n) is 5.59. The van der Waals surface area contributed by atoms with Gasteiger partial charge in [0.15, 0.2) is 0 Å². The lowest BCUT2D eigenvalue weighted by atomic mass is 10.1. The quantitative estimate of drug-likeness (QED) is 0.826. The van der Waals surface area contributed by atoms with Crippen LogP contribution in [-0.2, 0) is 4.79 Å². The minimum Gasteiger partial charge on any atom is -0.493 e. The van der Waals surface area contributed by atoms with Gasteiger partial charge in [-0.2, -0.15) is 0 Å². The molecule has 25 heavy (non-hydrogen) atoms. The summed E-state index contributed by atoms with van der Waals surface area (Å²) in [6.45, 7) is 5.44. The molecule has 1 saturated heterocycles. The Morgan fingerprint density at radius 1 is 1.04 bits per heavy atom. The molecular weight excluding hydrogens is 316 g/mol. The van der Waals surface area contributed by atoms with Crippen LogP contribution in [0, 0.1) is 17.8 Å². The molecule has 0 aromatic heterocycles. The number of carbonyl (C=O) groups is 2. The number of hydrogen-bond donors (Lipinski definition) is 0. The van der Waals surface area contributed by atoms with Gasteiger partial charge in [-0.3, -0.25) is 9.59 Å². The summed E-state index contributed by atoms with van der Waals surface area (Å²) in [4.78, 5) is 28.7. The molecule has 0 unspecified atom stereocenters. The number of carbonyl (C=O) groups excluding carboxylic acids is 2. The van der Waals surface area contributed by atoms with Crippen molar-refractivity contribution in [2.45, 2.75) is 26.2 Å². The Bertz CT molecular complexity index is 645. The van der Waals surface area contributed by atoms with Gasteiger partial charge in [-0.25, -0.2) is 0 Å². The molecule has 134 valence electrons. The second kappa shape index (κ2) is 6.70. The first kappa shape index (κ1) is 16.4. The van der Waals surface area contributed by atoms with Crippen LogP contribution in [0.2, 0.25) is 0 Å². The molecule has 0 spiro atoms. The van der Waals surface area contributed by atoms with E-state index in [1.54, 1.807) is 0 Å². The number of amides is 2. The Hall–Kier alpha value is -2.04. The summed E-state index contributed by atoms with van der Waals surface area (Å²) in [6, 6.07) is 7.44. The van der Waals surface area contributed by atoms with Gasteiger partial charge in [0.25, 0.3) is 5.91 Å². The van der Waals surface area contributed by atoms with Gasteiger partial charge >= 0.3 is 0 Å². The molecular formula is C20H26N2O3. The molecule has 2 aliphatic carbocycles. The zero-order valence-corrected chi connectivity index (χ0v) is 14.8. The first-order chi connectivity index (χ1) is 12.1. The van der Waals surface area contributed by atoms with Crippen molar-refractivity contribution in [3.8, 4) is 5.75 Å². The number of hydrogen-bond acceptors (Lipinski definition) is 3. The van der Waals surface area contributed by atoms with Gasteiger partial charge in [-0.15, -0.1) is 0 Å². The van der Waals surface area contributed by atoms with Gasteiger partial charge in [0.2, 0.25) is 5.91 Å². The zero-order valence-electron chi connectivity index (χ0n) is 14.8. The second-order valence-corrected chi connectivity index (χ2v) is 7.72. The average molecular weight is 342 g/mol. The number of nitrogens with zero attached hydrogens (tertiary/aromatic N) is 2. The fraction of sp³-hybridized carbons (Fsp3) is 0.600. The van der Waals surface area contributed by atoms with E-state index in [4.69, 9.17) is 4.74 Å². The summed E-state index contributed by atoms with van der Waals surface area (Å²) in [7, 11) is 0. The molecule has 1 aliphatic heterocycles. The summed E-state index contributed by atoms with van der Waals surface area (Å²) >= 11 is 0. The standard InChI is InChI=1S/C20H26N2O3/c1-14-12-18(14)20(24)22-10-8-21(9-11-22)19(23)16-4-6-17(7-5-16)25-13-15-2-3-15/h4-7,14-15,18H,2-3,8-13H2,1H3/t14-,18-/m0/s1. The lowest BCUT2D eigenvalue weighted by Crippen LogP contribution is -2.51. The van der Waals surface area contributed by atoms with Crippen molar-refractivity contribution in [3.05, 3.63) is 29.8 Å². The monoisotopic (exact) mass is 342 g/mol. The highest BCUT2D eigenvalue weighted by Crippen LogP contribution is 2.39. The average Bonchev–Trinajstić information content (AvgIpc) is 3.57. The number of benzene rings is 1. The van der Waals surface area contributed by atoms with Gasteiger partial charge in [0, 0.05) is 37.7 Å². The van der Waals surface area contributed by atoms with E-state index in [0.717, 1.165) is 24.7 Å². The van der Waals surface area contributed by atoms with Crippen LogP contribution < -0.4 is 4.74 Å². The second-order valence-electron chi connectivity index (χ2n) is 7.72. The van der Waals surface area contributed by atoms with E-state index in [1.807, 2.05) is 34.1 Å². The maximum Gasteiger partial charge on any atom is 0.253 e. The Morgan fingerprint density at radius 3 is 2.20 bits per heavy atom. The van der Waals surface area contributed by atoms with E-state index < -0.39 is 0 Å². The van der Waals surface area contributed by atoms with Gasteiger partial charge in [-0.05, 0) is 55.4 Å². The molecule has 1 aromatic rings. The molecule has 1 heterocycles. The molecule has 0 bridgehead atoms. The van der Waals surface area contributed by atoms with Crippen molar-refractivity contribution in [2.24, 2.45) is 17.8 Å². The third kappa shape index (κ3) is 3.80. The lowest BCUT2D eigenvalue weighted by Gasteiger charge is -2.35. The van der Waals surface area contributed by atoms with E-state index in [0.29, 0.717) is 37.7 Å². The lowest BCUT2D eigenvalue weighted by molar-refractivity contribution is -0.134. The zero-order chi connectivity index (χ0) is 17.4. The summed E-state index contributed by atoms with van der Waals surface area (Å²) < 4.78 is 5.72. The van der Waals surface area contributed by atoms with Crippen LogP contribution in [0.5, 0.6) is 5.75 Å². The molecule has 1 aromatic carbocycles. The molecule has 5 nitrogen and oxygen atoms in total. The minimum absolute atomic E-state index is 0.0423. The number of rotatable bonds is 5. The molecule has 0 N–H and O–H groups in total. The van der Waals surface area contributed by atoms with Crippen molar-refractivity contribution in [1.29, 1.82) is 0 Å². The number of ether oxygens (including phenoxy) is 1. The maximum atomic E-state index is 12.6. The SMILES string of the molecule is C[C@H]1C[C@@H]1C(=O)N1CCN(C(=O)c2ccc(OCC3CC3)cc2)CC1. The fourth-order valence-electron chi connectivity index (χ4n) is 3.41. The Kier molecular flexibility index (Phi) is 4.40. The van der Waals surface area contributed by atoms with Crippen molar-refractivity contribution < 1.29 is 14.3 Å². The van der Waals surface area contributed by atoms with Crippen molar-refractivity contribution in [3.63, 3.8) is 0 Å². The molecule has 2 saturated carbocycles. The molecule has 2 atom stereocenters. The summed E-state index contributed by atoms with van der Waals surface area (Å²) in [6.07, 6.45) is 3.56. The first-order valence-corrected chi connectivity index (χ1v) is 9.43. The predicted octanol–water partition coefficient (Wildman–Crippen LogP) is 2.42.